The van der Waals surface area contributed by atoms with Gasteiger partial charge in [-0.15, -0.1) is 0 Å². The first-order valence-electron chi connectivity index (χ1n) is 45.6. The van der Waals surface area contributed by atoms with Gasteiger partial charge < -0.3 is 117 Å². The van der Waals surface area contributed by atoms with Crippen LogP contribution in [0.3, 0.4) is 0 Å². The number of carboxylic acid groups (broad SMARTS) is 1. The molecule has 0 saturated carbocycles. The second-order valence-electron chi connectivity index (χ2n) is 33.5. The van der Waals surface area contributed by atoms with Gasteiger partial charge in [0.1, 0.15) is 60.4 Å². The molecular formula is C88H134N22O22S. The number of carboxylic acids is 1. The Morgan fingerprint density at radius 1 is 0.609 bits per heavy atom. The first-order valence-corrected chi connectivity index (χ1v) is 47.3. The number of hydrogen-bond donors (Lipinski definition) is 23. The summed E-state index contributed by atoms with van der Waals surface area (Å²) in [6.07, 6.45) is 11.4. The minimum absolute atomic E-state index is 0.0157. The van der Waals surface area contributed by atoms with E-state index in [1.165, 1.54) is 19.4 Å². The standard InChI is InChI=1S/C88H134N22O22S/c1-3-4-29-62(102-84(127)69(47-89)108-83(126)68(45-57-49-93-53-98-57)106-80(123)64(36-38-72(90)114)103-85(128)70(52-111)99-76(118)50-97-73(115)34-25-42-133(131,132)109-75(117)33-18-13-11-9-7-5-6-8-10-12-14-19-35-77(119)120)78(121)104-65-37-39-74(116)94-40-23-22-30-60(54(2)112)100-82(125)67(44-56-48-96-61-31-21-20-28-59(56)61)105-79(122)63(32-24-41-95-88(91)92)101-81(124)66(43-55-26-16-15-17-27-55)107-86(129)71-46-58(113)51-110(71)87(65)130/h15-17,20-21,26-28,31,48-49,53,58,60,62-71,96,111,113H,3-14,18-19,22-25,29-30,32-47,50-52,89H2,1-2H3,(H2,90,114)(H,93,98)(H,94,116)(H,97,115)(H,99,118)(H,100,125)(H,101,124)(H,102,127)(H,103,128)(H,104,121)(H,105,122)(H,106,123)(H,107,129)(H,108,126)(H,109,117)(H,119,120)(H4,91,92,95)/t58-,60+,62+,63+,64-,65+,66-,67+,68+,69+,70+,71+/m1/s1. The fourth-order valence-electron chi connectivity index (χ4n) is 15.3. The van der Waals surface area contributed by atoms with Crippen molar-refractivity contribution in [2.75, 3.05) is 45.1 Å². The molecule has 2 aliphatic rings. The molecule has 2 aromatic carbocycles. The number of Topliss-reactive ketones (excluding diaryl/α,β-unsaturated/α-hetero) is 1. The van der Waals surface area contributed by atoms with Crippen molar-refractivity contribution in [3.63, 3.8) is 0 Å². The number of amides is 15. The van der Waals surface area contributed by atoms with Crippen LogP contribution in [-0.4, -0.2) is 268 Å². The Bertz CT molecular complexity index is 4660. The number of aromatic amines is 2. The number of aliphatic hydroxyl groups is 2. The number of aliphatic carboxylic acids is 1. The van der Waals surface area contributed by atoms with Crippen molar-refractivity contribution in [1.82, 2.24) is 93.7 Å². The van der Waals surface area contributed by atoms with Crippen molar-refractivity contribution < 1.29 is 105 Å². The molecule has 15 amide bonds. The third-order valence-electron chi connectivity index (χ3n) is 22.6. The summed E-state index contributed by atoms with van der Waals surface area (Å²) < 4.78 is 27.4. The number of ketones is 1. The van der Waals surface area contributed by atoms with Crippen molar-refractivity contribution in [3.8, 4) is 0 Å². The highest BCUT2D eigenvalue weighted by atomic mass is 32.2. The number of sulfonamides is 1. The number of aromatic nitrogens is 3. The first kappa shape index (κ1) is 109. The maximum absolute atomic E-state index is 15.3. The van der Waals surface area contributed by atoms with Crippen LogP contribution in [0.4, 0.5) is 0 Å². The Morgan fingerprint density at radius 3 is 1.83 bits per heavy atom. The van der Waals surface area contributed by atoms with E-state index in [9.17, 15) is 85.8 Å². The van der Waals surface area contributed by atoms with Gasteiger partial charge in [0.05, 0.1) is 43.1 Å². The van der Waals surface area contributed by atoms with Gasteiger partial charge in [-0.3, -0.25) is 91.6 Å². The minimum atomic E-state index is -4.13. The first-order chi connectivity index (χ1) is 63.6. The predicted octanol–water partition coefficient (Wildman–Crippen LogP) is -2.04. The minimum Gasteiger partial charge on any atom is -0.481 e. The van der Waals surface area contributed by atoms with Crippen LogP contribution in [-0.2, 0) is 111 Å². The number of hydrogen-bond acceptors (Lipinski definition) is 24. The Hall–Kier alpha value is -12.5. The van der Waals surface area contributed by atoms with Gasteiger partial charge in [0.2, 0.25) is 98.6 Å². The Labute approximate surface area is 772 Å². The Morgan fingerprint density at radius 2 is 1.20 bits per heavy atom. The number of aliphatic hydroxyl groups excluding tert-OH is 2. The number of primary amides is 1. The van der Waals surface area contributed by atoms with E-state index in [1.807, 2.05) is 22.9 Å². The number of imidazole rings is 1. The van der Waals surface area contributed by atoms with Crippen LogP contribution in [0.5, 0.6) is 0 Å². The number of benzene rings is 2. The fraction of sp³-hybridized carbons (Fsp3) is 0.602. The molecule has 0 aliphatic carbocycles. The van der Waals surface area contributed by atoms with Gasteiger partial charge >= 0.3 is 5.97 Å². The van der Waals surface area contributed by atoms with Gasteiger partial charge in [0.15, 0.2) is 11.7 Å². The fourth-order valence-corrected chi connectivity index (χ4v) is 16.3. The summed E-state index contributed by atoms with van der Waals surface area (Å²) in [4.78, 5) is 246. The molecule has 2 saturated heterocycles. The molecule has 2 aliphatic heterocycles. The molecule has 2 aromatic heterocycles. The number of fused-ring (bicyclic) bond motifs is 2. The lowest BCUT2D eigenvalue weighted by Crippen LogP contribution is -2.62. The number of nitrogens with one attached hydrogen (secondary N) is 17. The molecule has 0 spiro atoms. The third-order valence-corrected chi connectivity index (χ3v) is 24.0. The largest absolute Gasteiger partial charge is 0.481 e. The molecule has 0 radical (unpaired) electrons. The molecule has 4 heterocycles. The Kier molecular flexibility index (Phi) is 48.0. The second-order valence-corrected chi connectivity index (χ2v) is 35.3. The third kappa shape index (κ3) is 40.6. The number of para-hydroxylation sites is 1. The average Bonchev–Trinajstić information content (AvgIpc) is 1.81. The summed E-state index contributed by atoms with van der Waals surface area (Å²) in [6.45, 7) is 0.0628. The highest BCUT2D eigenvalue weighted by molar-refractivity contribution is 7.90. The predicted molar refractivity (Wildman–Crippen MR) is 486 cm³/mol. The summed E-state index contributed by atoms with van der Waals surface area (Å²) in [5, 5.41) is 72.3. The lowest BCUT2D eigenvalue weighted by molar-refractivity contribution is -0.143. The van der Waals surface area contributed by atoms with Crippen molar-refractivity contribution in [3.05, 3.63) is 90.1 Å². The molecular weight excluding hydrogens is 1750 g/mol. The zero-order chi connectivity index (χ0) is 97.4. The lowest BCUT2D eigenvalue weighted by Gasteiger charge is -2.31. The zero-order valence-corrected chi connectivity index (χ0v) is 76.4. The van der Waals surface area contributed by atoms with Crippen LogP contribution in [0, 0.1) is 5.41 Å². The highest BCUT2D eigenvalue weighted by Gasteiger charge is 2.44. The van der Waals surface area contributed by atoms with E-state index >= 15 is 14.4 Å². The second kappa shape index (κ2) is 58.4. The van der Waals surface area contributed by atoms with E-state index < -0.39 is 260 Å². The molecule has 0 unspecified atom stereocenters. The zero-order valence-electron chi connectivity index (χ0n) is 75.6. The average molecular weight is 1880 g/mol. The lowest BCUT2D eigenvalue weighted by atomic mass is 10.0. The Balaban J connectivity index is 1.13. The number of carbonyl (C=O) groups is 17. The van der Waals surface area contributed by atoms with Gasteiger partial charge in [0.25, 0.3) is 0 Å². The normalized spacial score (nSPS) is 19.0. The maximum Gasteiger partial charge on any atom is 0.303 e. The van der Waals surface area contributed by atoms with E-state index in [0.717, 1.165) is 80.0 Å². The molecule has 133 heavy (non-hydrogen) atoms. The number of carbonyl (C=O) groups excluding carboxylic acids is 16. The summed E-state index contributed by atoms with van der Waals surface area (Å²) >= 11 is 0. The number of unbranched alkanes of at least 4 members (excludes halogenated alkanes) is 12. The van der Waals surface area contributed by atoms with E-state index in [-0.39, 0.29) is 102 Å². The number of nitrogens with two attached hydrogens (primary N) is 3. The molecule has 45 heteroatoms. The van der Waals surface area contributed by atoms with Crippen molar-refractivity contribution >= 4 is 127 Å². The SMILES string of the molecule is CCCC[C@H](NC(=O)[C@H](CN)NC(=O)[C@H](Cc1c[nH]cn1)NC(=O)[C@@H](CCC(N)=O)NC(=O)[C@H](CO)NC(=O)CNC(=O)CCCS(=O)(=O)NC(=O)CCCCCCCCCCCCCCC(=O)O)C(=O)N[C@H]1CCC(=O)NCCCC[C@@H](C(C)=O)NC(=O)[C@H](Cc2c[nH]c3ccccc23)NC(=O)[C@H](CCCNC(=N)N)NC(=O)[C@@H](Cc2ccccc2)NC(=O)[C@@H]2C[C@@H](O)CN2C1=O. The van der Waals surface area contributed by atoms with Gasteiger partial charge in [-0.25, -0.2) is 13.4 Å². The van der Waals surface area contributed by atoms with Crippen LogP contribution in [0.1, 0.15) is 217 Å². The van der Waals surface area contributed by atoms with Crippen LogP contribution in [0.25, 0.3) is 10.9 Å². The van der Waals surface area contributed by atoms with Gasteiger partial charge in [-0.2, -0.15) is 0 Å². The molecule has 734 valence electrons. The molecule has 2 fully saturated rings. The number of rotatable bonds is 52. The highest BCUT2D eigenvalue weighted by Crippen LogP contribution is 2.24. The molecule has 6 rings (SSSR count). The number of H-pyrrole nitrogens is 2. The van der Waals surface area contributed by atoms with E-state index in [0.29, 0.717) is 30.4 Å². The van der Waals surface area contributed by atoms with E-state index in [1.54, 1.807) is 49.5 Å². The molecule has 4 aromatic rings. The van der Waals surface area contributed by atoms with Gasteiger partial charge in [-0.1, -0.05) is 133 Å². The van der Waals surface area contributed by atoms with E-state index in [4.69, 9.17) is 27.7 Å². The van der Waals surface area contributed by atoms with Crippen molar-refractivity contribution in [2.24, 2.45) is 17.2 Å². The quantitative estimate of drug-likeness (QED) is 0.0129. The maximum atomic E-state index is 15.3. The van der Waals surface area contributed by atoms with Gasteiger partial charge in [-0.05, 0) is 94.7 Å². The molecule has 12 atom stereocenters. The van der Waals surface area contributed by atoms with Crippen molar-refractivity contribution in [2.45, 2.75) is 292 Å². The van der Waals surface area contributed by atoms with Crippen LogP contribution >= 0.6 is 0 Å². The van der Waals surface area contributed by atoms with Crippen molar-refractivity contribution in [1.29, 1.82) is 5.41 Å². The van der Waals surface area contributed by atoms with Crippen LogP contribution < -0.4 is 91.0 Å². The summed E-state index contributed by atoms with van der Waals surface area (Å²) in [7, 11) is -4.13. The van der Waals surface area contributed by atoms with Gasteiger partial charge in [0, 0.05) is 107 Å². The summed E-state index contributed by atoms with van der Waals surface area (Å²) in [5.74, 6) is -16.3. The smallest absolute Gasteiger partial charge is 0.303 e. The summed E-state index contributed by atoms with van der Waals surface area (Å²) in [5.41, 5.74) is 19.2. The number of nitrogens with zero attached hydrogens (tertiary/aromatic N) is 2. The van der Waals surface area contributed by atoms with Crippen LogP contribution in [0.2, 0.25) is 0 Å². The molecule has 26 N–H and O–H groups in total. The summed E-state index contributed by atoms with van der Waals surface area (Å²) in [6, 6.07) is -1.57. The molecule has 0 bridgehead atoms. The molecule has 44 nitrogen and oxygen atoms in total. The topological polar surface area (TPSA) is 703 Å². The number of guanidine groups is 1. The van der Waals surface area contributed by atoms with Crippen LogP contribution in [0.15, 0.2) is 73.3 Å². The van der Waals surface area contributed by atoms with E-state index in [2.05, 4.69) is 84.1 Å². The monoisotopic (exact) mass is 1880 g/mol.